The van der Waals surface area contributed by atoms with Gasteiger partial charge in [0.1, 0.15) is 0 Å². The Morgan fingerprint density at radius 3 is 2.44 bits per heavy atom. The Hall–Kier alpha value is -1.23. The largest absolute Gasteiger partial charge is 0.493 e. The molecule has 0 unspecified atom stereocenters. The lowest BCUT2D eigenvalue weighted by Gasteiger charge is -2.01. The number of rotatable bonds is 1. The molecule has 0 saturated carbocycles. The molecule has 0 aliphatic rings. The topological polar surface area (TPSA) is 22.1 Å². The number of aromatic nitrogens is 1. The van der Waals surface area contributed by atoms with Crippen molar-refractivity contribution in [3.8, 4) is 5.75 Å². The van der Waals surface area contributed by atoms with Crippen LogP contribution >= 0.6 is 11.3 Å². The molecule has 88 valence electrons. The summed E-state index contributed by atoms with van der Waals surface area (Å²) >= 11 is 1.13. The highest BCUT2D eigenvalue weighted by atomic mass is 32.1. The fraction of sp³-hybridized carbons (Fsp3) is 0.364. The van der Waals surface area contributed by atoms with E-state index in [4.69, 9.17) is 4.74 Å². The monoisotopic (exact) mass is 245 g/mol. The van der Waals surface area contributed by atoms with Gasteiger partial charge in [-0.25, -0.2) is 9.37 Å². The fourth-order valence-corrected chi connectivity index (χ4v) is 2.07. The van der Waals surface area contributed by atoms with Crippen LogP contribution in [-0.2, 0) is 0 Å². The predicted octanol–water partition coefficient (Wildman–Crippen LogP) is 3.92. The van der Waals surface area contributed by atoms with Crippen LogP contribution in [0, 0.1) is 18.6 Å². The van der Waals surface area contributed by atoms with Crippen LogP contribution in [0.3, 0.4) is 0 Å². The van der Waals surface area contributed by atoms with Crippen molar-refractivity contribution in [3.63, 3.8) is 0 Å². The van der Waals surface area contributed by atoms with Gasteiger partial charge in [0.05, 0.1) is 22.3 Å². The summed E-state index contributed by atoms with van der Waals surface area (Å²) in [6.07, 6.45) is 0. The van der Waals surface area contributed by atoms with Crippen molar-refractivity contribution in [2.24, 2.45) is 0 Å². The SMILES string of the molecule is CC.COc1cc2nc(C)sc2c(F)c1F. The summed E-state index contributed by atoms with van der Waals surface area (Å²) in [6, 6.07) is 1.40. The van der Waals surface area contributed by atoms with Gasteiger partial charge in [0.15, 0.2) is 11.6 Å². The molecule has 5 heteroatoms. The molecule has 16 heavy (non-hydrogen) atoms. The molecule has 2 nitrogen and oxygen atoms in total. The van der Waals surface area contributed by atoms with E-state index in [1.807, 2.05) is 13.8 Å². The zero-order chi connectivity index (χ0) is 12.3. The molecule has 1 aromatic heterocycles. The van der Waals surface area contributed by atoms with Crippen LogP contribution in [0.5, 0.6) is 5.75 Å². The van der Waals surface area contributed by atoms with E-state index in [-0.39, 0.29) is 10.4 Å². The number of fused-ring (bicyclic) bond motifs is 1. The van der Waals surface area contributed by atoms with Gasteiger partial charge in [0.25, 0.3) is 0 Å². The van der Waals surface area contributed by atoms with Gasteiger partial charge in [-0.2, -0.15) is 4.39 Å². The van der Waals surface area contributed by atoms with Crippen LogP contribution in [0.15, 0.2) is 6.07 Å². The van der Waals surface area contributed by atoms with E-state index in [0.717, 1.165) is 11.3 Å². The number of thiazole rings is 1. The Kier molecular flexibility index (Phi) is 4.18. The molecule has 1 heterocycles. The van der Waals surface area contributed by atoms with Crippen LogP contribution in [0.25, 0.3) is 10.2 Å². The van der Waals surface area contributed by atoms with E-state index in [1.54, 1.807) is 6.92 Å². The smallest absolute Gasteiger partial charge is 0.202 e. The molecule has 0 saturated heterocycles. The highest BCUT2D eigenvalue weighted by Crippen LogP contribution is 2.31. The van der Waals surface area contributed by atoms with E-state index in [2.05, 4.69) is 4.98 Å². The van der Waals surface area contributed by atoms with E-state index in [0.29, 0.717) is 10.5 Å². The van der Waals surface area contributed by atoms with Gasteiger partial charge in [-0.1, -0.05) is 13.8 Å². The summed E-state index contributed by atoms with van der Waals surface area (Å²) in [5, 5.41) is 0.701. The summed E-state index contributed by atoms with van der Waals surface area (Å²) in [7, 11) is 1.29. The first-order valence-corrected chi connectivity index (χ1v) is 5.74. The van der Waals surface area contributed by atoms with Crippen molar-refractivity contribution in [1.82, 2.24) is 4.98 Å². The lowest BCUT2D eigenvalue weighted by atomic mass is 10.3. The maximum Gasteiger partial charge on any atom is 0.202 e. The molecule has 1 aromatic carbocycles. The Bertz CT molecular complexity index is 496. The van der Waals surface area contributed by atoms with Crippen LogP contribution in [0.4, 0.5) is 8.78 Å². The number of ether oxygens (including phenoxy) is 1. The number of hydrogen-bond donors (Lipinski definition) is 0. The summed E-state index contributed by atoms with van der Waals surface area (Å²) in [5.74, 6) is -1.95. The maximum atomic E-state index is 13.4. The first kappa shape index (κ1) is 12.8. The lowest BCUT2D eigenvalue weighted by molar-refractivity contribution is 0.374. The first-order valence-electron chi connectivity index (χ1n) is 4.92. The number of hydrogen-bond acceptors (Lipinski definition) is 3. The van der Waals surface area contributed by atoms with Crippen LogP contribution < -0.4 is 4.74 Å². The predicted molar refractivity (Wildman–Crippen MR) is 62.2 cm³/mol. The second-order valence-electron chi connectivity index (χ2n) is 2.79. The Balaban J connectivity index is 0.000000606. The summed E-state index contributed by atoms with van der Waals surface area (Å²) in [4.78, 5) is 4.06. The summed E-state index contributed by atoms with van der Waals surface area (Å²) in [6.45, 7) is 5.74. The third kappa shape index (κ3) is 2.14. The zero-order valence-electron chi connectivity index (χ0n) is 9.60. The van der Waals surface area contributed by atoms with Crippen LogP contribution in [-0.4, -0.2) is 12.1 Å². The Labute approximate surface area is 96.9 Å². The van der Waals surface area contributed by atoms with Crippen molar-refractivity contribution in [2.45, 2.75) is 20.8 Å². The van der Waals surface area contributed by atoms with Crippen LogP contribution in [0.2, 0.25) is 0 Å². The van der Waals surface area contributed by atoms with Crippen LogP contribution in [0.1, 0.15) is 18.9 Å². The molecule has 0 amide bonds. The highest BCUT2D eigenvalue weighted by Gasteiger charge is 2.16. The van der Waals surface area contributed by atoms with E-state index < -0.39 is 11.6 Å². The number of aryl methyl sites for hydroxylation is 1. The third-order valence-electron chi connectivity index (χ3n) is 1.86. The van der Waals surface area contributed by atoms with Gasteiger partial charge in [0.2, 0.25) is 5.82 Å². The Morgan fingerprint density at radius 1 is 1.25 bits per heavy atom. The van der Waals surface area contributed by atoms with Crippen molar-refractivity contribution in [3.05, 3.63) is 22.7 Å². The number of methoxy groups -OCH3 is 1. The number of nitrogens with zero attached hydrogens (tertiary/aromatic N) is 1. The second-order valence-corrected chi connectivity index (χ2v) is 3.99. The van der Waals surface area contributed by atoms with E-state index in [9.17, 15) is 8.78 Å². The second kappa shape index (κ2) is 5.21. The number of halogens is 2. The summed E-state index contributed by atoms with van der Waals surface area (Å²) < 4.78 is 31.5. The zero-order valence-corrected chi connectivity index (χ0v) is 10.4. The third-order valence-corrected chi connectivity index (χ3v) is 2.84. The van der Waals surface area contributed by atoms with Gasteiger partial charge < -0.3 is 4.74 Å². The van der Waals surface area contributed by atoms with E-state index in [1.165, 1.54) is 13.2 Å². The van der Waals surface area contributed by atoms with Gasteiger partial charge in [-0.05, 0) is 6.92 Å². The molecule has 2 rings (SSSR count). The minimum absolute atomic E-state index is 0.111. The maximum absolute atomic E-state index is 13.4. The molecular weight excluding hydrogens is 232 g/mol. The molecular formula is C11H13F2NOS. The van der Waals surface area contributed by atoms with Gasteiger partial charge >= 0.3 is 0 Å². The van der Waals surface area contributed by atoms with E-state index >= 15 is 0 Å². The normalized spacial score (nSPS) is 9.88. The molecule has 0 spiro atoms. The minimum atomic E-state index is -0.955. The van der Waals surface area contributed by atoms with Gasteiger partial charge in [-0.15, -0.1) is 11.3 Å². The molecule has 0 radical (unpaired) electrons. The first-order chi connectivity index (χ1) is 7.63. The molecule has 0 bridgehead atoms. The molecule has 0 atom stereocenters. The minimum Gasteiger partial charge on any atom is -0.493 e. The average molecular weight is 245 g/mol. The Morgan fingerprint density at radius 2 is 1.88 bits per heavy atom. The van der Waals surface area contributed by atoms with Crippen molar-refractivity contribution in [1.29, 1.82) is 0 Å². The lowest BCUT2D eigenvalue weighted by Crippen LogP contribution is -1.92. The average Bonchev–Trinajstić information content (AvgIpc) is 2.67. The summed E-state index contributed by atoms with van der Waals surface area (Å²) in [5.41, 5.74) is 0.434. The van der Waals surface area contributed by atoms with Crippen molar-refractivity contribution in [2.75, 3.05) is 7.11 Å². The molecule has 0 aliphatic carbocycles. The molecule has 2 aromatic rings. The molecule has 0 N–H and O–H groups in total. The molecule has 0 fully saturated rings. The van der Waals surface area contributed by atoms with Crippen molar-refractivity contribution >= 4 is 21.6 Å². The quantitative estimate of drug-likeness (QED) is 0.759. The van der Waals surface area contributed by atoms with Gasteiger partial charge in [0, 0.05) is 6.07 Å². The van der Waals surface area contributed by atoms with Crippen molar-refractivity contribution < 1.29 is 13.5 Å². The standard InChI is InChI=1S/C9H7F2NOS.C2H6/c1-4-12-5-3-6(13-2)7(10)8(11)9(5)14-4;1-2/h3H,1-2H3;1-2H3. The molecule has 0 aliphatic heterocycles. The highest BCUT2D eigenvalue weighted by molar-refractivity contribution is 7.18. The fourth-order valence-electron chi connectivity index (χ4n) is 1.24. The van der Waals surface area contributed by atoms with Gasteiger partial charge in [-0.3, -0.25) is 0 Å². The number of benzene rings is 1.